The van der Waals surface area contributed by atoms with Gasteiger partial charge in [-0.15, -0.1) is 0 Å². The smallest absolute Gasteiger partial charge is 0.254 e. The van der Waals surface area contributed by atoms with Crippen LogP contribution in [-0.4, -0.2) is 66.5 Å². The molecular weight excluding hydrogens is 568 g/mol. The summed E-state index contributed by atoms with van der Waals surface area (Å²) >= 11 is 0. The molecule has 4 aliphatic rings. The largest absolute Gasteiger partial charge is 0.494 e. The lowest BCUT2D eigenvalue weighted by Crippen LogP contribution is -2.41. The lowest BCUT2D eigenvalue weighted by molar-refractivity contribution is -0.115. The number of nitrogens with one attached hydrogen (secondary N) is 1. The lowest BCUT2D eigenvalue weighted by Gasteiger charge is -2.27. The third-order valence-corrected chi connectivity index (χ3v) is 10.3. The molecule has 45 heavy (non-hydrogen) atoms. The average Bonchev–Trinajstić information content (AvgIpc) is 3.26. The summed E-state index contributed by atoms with van der Waals surface area (Å²) in [5.41, 5.74) is 13.0. The molecule has 1 aromatic carbocycles. The van der Waals surface area contributed by atoms with Crippen LogP contribution in [0.5, 0.6) is 5.75 Å². The number of amides is 2. The molecule has 2 unspecified atom stereocenters. The second-order valence-corrected chi connectivity index (χ2v) is 13.1. The zero-order valence-electron chi connectivity index (χ0n) is 25.3. The van der Waals surface area contributed by atoms with E-state index in [4.69, 9.17) is 20.4 Å². The minimum absolute atomic E-state index is 0.00850. The average molecular weight is 603 g/mol. The van der Waals surface area contributed by atoms with Gasteiger partial charge >= 0.3 is 0 Å². The molecule has 2 aliphatic carbocycles. The van der Waals surface area contributed by atoms with E-state index < -0.39 is 0 Å². The van der Waals surface area contributed by atoms with Crippen LogP contribution in [0.25, 0.3) is 44.8 Å². The molecule has 3 fully saturated rings. The Labute approximate surface area is 259 Å². The van der Waals surface area contributed by atoms with Gasteiger partial charge in [0, 0.05) is 60.5 Å². The van der Waals surface area contributed by atoms with E-state index in [1.807, 2.05) is 36.2 Å². The molecule has 6 heterocycles. The number of hydrogen-bond donors (Lipinski definition) is 2. The number of nitrogens with two attached hydrogens (primary N) is 1. The number of pyridine rings is 2. The van der Waals surface area contributed by atoms with Crippen LogP contribution < -0.4 is 15.8 Å². The van der Waals surface area contributed by atoms with Crippen LogP contribution in [0.15, 0.2) is 42.6 Å². The van der Waals surface area contributed by atoms with Crippen LogP contribution in [0, 0.1) is 11.8 Å². The summed E-state index contributed by atoms with van der Waals surface area (Å²) in [5.74, 6) is 2.97. The van der Waals surface area contributed by atoms with Gasteiger partial charge in [-0.2, -0.15) is 0 Å². The Bertz CT molecular complexity index is 2080. The van der Waals surface area contributed by atoms with E-state index in [0.29, 0.717) is 47.4 Å². The quantitative estimate of drug-likeness (QED) is 0.299. The van der Waals surface area contributed by atoms with Crippen molar-refractivity contribution in [1.29, 1.82) is 0 Å². The number of aromatic nitrogens is 5. The predicted molar refractivity (Wildman–Crippen MR) is 170 cm³/mol. The zero-order valence-corrected chi connectivity index (χ0v) is 25.3. The maximum Gasteiger partial charge on any atom is 0.254 e. The molecule has 1 saturated heterocycles. The number of nitrogens with zero attached hydrogens (tertiary/aromatic N) is 6. The van der Waals surface area contributed by atoms with Crippen molar-refractivity contribution in [3.05, 3.63) is 53.7 Å². The lowest BCUT2D eigenvalue weighted by atomic mass is 10.1. The maximum atomic E-state index is 13.7. The summed E-state index contributed by atoms with van der Waals surface area (Å²) in [4.78, 5) is 42.3. The number of carbonyl (C=O) groups is 2. The van der Waals surface area contributed by atoms with E-state index in [-0.39, 0.29) is 23.9 Å². The first-order chi connectivity index (χ1) is 21.9. The molecule has 11 heteroatoms. The number of hydrogen-bond acceptors (Lipinski definition) is 7. The highest BCUT2D eigenvalue weighted by Gasteiger charge is 2.47. The second-order valence-electron chi connectivity index (χ2n) is 13.1. The number of imidazole rings is 1. The van der Waals surface area contributed by atoms with Crippen LogP contribution >= 0.6 is 0 Å². The fourth-order valence-electron chi connectivity index (χ4n) is 7.73. The summed E-state index contributed by atoms with van der Waals surface area (Å²) < 4.78 is 10.2. The number of piperidine rings is 1. The highest BCUT2D eigenvalue weighted by atomic mass is 16.5. The van der Waals surface area contributed by atoms with Gasteiger partial charge in [0.2, 0.25) is 5.91 Å². The van der Waals surface area contributed by atoms with Crippen molar-refractivity contribution in [3.63, 3.8) is 0 Å². The van der Waals surface area contributed by atoms with Crippen molar-refractivity contribution in [2.24, 2.45) is 24.6 Å². The van der Waals surface area contributed by atoms with E-state index in [1.54, 1.807) is 13.3 Å². The van der Waals surface area contributed by atoms with Crippen molar-refractivity contribution in [2.45, 2.75) is 50.7 Å². The molecule has 11 nitrogen and oxygen atoms in total. The van der Waals surface area contributed by atoms with Crippen molar-refractivity contribution < 1.29 is 14.3 Å². The number of ether oxygens (including phenoxy) is 1. The summed E-state index contributed by atoms with van der Waals surface area (Å²) in [6.45, 7) is 1.56. The summed E-state index contributed by atoms with van der Waals surface area (Å²) in [7, 11) is 3.63. The van der Waals surface area contributed by atoms with E-state index >= 15 is 0 Å². The number of methoxy groups -OCH3 is 1. The Kier molecular flexibility index (Phi) is 5.69. The van der Waals surface area contributed by atoms with Gasteiger partial charge in [0.05, 0.1) is 30.4 Å². The molecule has 0 spiro atoms. The first-order valence-electron chi connectivity index (χ1n) is 15.8. The van der Waals surface area contributed by atoms with Gasteiger partial charge < -0.3 is 29.8 Å². The van der Waals surface area contributed by atoms with Gasteiger partial charge in [-0.25, -0.2) is 15.0 Å². The first kappa shape index (κ1) is 26.6. The Hall–Kier alpha value is -4.77. The Morgan fingerprint density at radius 2 is 1.98 bits per heavy atom. The van der Waals surface area contributed by atoms with Crippen LogP contribution in [0.4, 0.5) is 5.82 Å². The van der Waals surface area contributed by atoms with E-state index in [0.717, 1.165) is 64.3 Å². The number of aryl methyl sites for hydroxylation is 1. The molecule has 3 N–H and O–H groups in total. The number of carbonyl (C=O) groups excluding carboxylic acids is 2. The van der Waals surface area contributed by atoms with Gasteiger partial charge in [-0.1, -0.05) is 0 Å². The van der Waals surface area contributed by atoms with E-state index in [9.17, 15) is 9.59 Å². The summed E-state index contributed by atoms with van der Waals surface area (Å²) in [5, 5.41) is 3.83. The van der Waals surface area contributed by atoms with Gasteiger partial charge in [0.15, 0.2) is 5.82 Å². The standard InChI is InChI=1S/C34H34N8O3/c1-40-30-24(10-21(12-27(30)45-2)34(44)42-16-19-6-8-25(42)29(19)35)38-33(40)26-11-18-5-7-23(37-32(18)41(26)15-17-3-4-17)22-9-20-13-28(43)39-31(20)36-14-22/h5,7,9-12,14,17,19,25,29H,3-4,6,8,13,15-16,35H2,1-2H3,(H,36,39,43)/t19?,25?,29-/m1/s1. The predicted octanol–water partition coefficient (Wildman–Crippen LogP) is 4.13. The van der Waals surface area contributed by atoms with Gasteiger partial charge in [-0.3, -0.25) is 9.59 Å². The molecule has 3 atom stereocenters. The van der Waals surface area contributed by atoms with E-state index in [1.165, 1.54) is 12.8 Å². The highest BCUT2D eigenvalue weighted by molar-refractivity contribution is 6.01. The van der Waals surface area contributed by atoms with Gasteiger partial charge in [0.25, 0.3) is 5.91 Å². The Balaban J connectivity index is 1.14. The molecule has 2 saturated carbocycles. The van der Waals surface area contributed by atoms with Crippen LogP contribution in [0.3, 0.4) is 0 Å². The molecule has 228 valence electrons. The van der Waals surface area contributed by atoms with Crippen LogP contribution in [0.2, 0.25) is 0 Å². The van der Waals surface area contributed by atoms with Crippen molar-refractivity contribution in [1.82, 2.24) is 29.0 Å². The highest BCUT2D eigenvalue weighted by Crippen LogP contribution is 2.40. The minimum atomic E-state index is -0.0381. The van der Waals surface area contributed by atoms with Crippen molar-refractivity contribution >= 4 is 39.7 Å². The molecule has 4 aromatic heterocycles. The van der Waals surface area contributed by atoms with Gasteiger partial charge in [-0.05, 0) is 73.9 Å². The minimum Gasteiger partial charge on any atom is -0.494 e. The fourth-order valence-corrected chi connectivity index (χ4v) is 7.73. The maximum absolute atomic E-state index is 13.7. The molecule has 2 amide bonds. The molecule has 0 radical (unpaired) electrons. The molecule has 2 aliphatic heterocycles. The number of fused-ring (bicyclic) bond motifs is 5. The molecule has 5 aromatic rings. The van der Waals surface area contributed by atoms with Crippen LogP contribution in [0.1, 0.15) is 41.6 Å². The molecular formula is C34H34N8O3. The van der Waals surface area contributed by atoms with Crippen molar-refractivity contribution in [2.75, 3.05) is 19.0 Å². The Morgan fingerprint density at radius 1 is 1.11 bits per heavy atom. The second kappa shape index (κ2) is 9.61. The van der Waals surface area contributed by atoms with E-state index in [2.05, 4.69) is 31.6 Å². The third kappa shape index (κ3) is 4.10. The first-order valence-corrected chi connectivity index (χ1v) is 15.8. The van der Waals surface area contributed by atoms with Crippen LogP contribution in [-0.2, 0) is 24.8 Å². The molecule has 2 bridgehead atoms. The SMILES string of the molecule is COc1cc(C(=O)N2CC3CCC2[C@@H]3N)cc2nc(-c3cc4ccc(-c5cnc6c(c5)CC(=O)N6)nc4n3CC3CC3)n(C)c12. The number of rotatable bonds is 6. The van der Waals surface area contributed by atoms with Crippen molar-refractivity contribution in [3.8, 4) is 28.5 Å². The summed E-state index contributed by atoms with van der Waals surface area (Å²) in [6, 6.07) is 12.2. The normalized spacial score (nSPS) is 22.1. The number of likely N-dealkylation sites (tertiary alicyclic amines) is 1. The number of anilines is 1. The summed E-state index contributed by atoms with van der Waals surface area (Å²) in [6.07, 6.45) is 6.54. The monoisotopic (exact) mass is 602 g/mol. The van der Waals surface area contributed by atoms with Gasteiger partial charge in [0.1, 0.15) is 22.7 Å². The fraction of sp³-hybridized carbons (Fsp3) is 0.382. The molecule has 9 rings (SSSR count). The Morgan fingerprint density at radius 3 is 2.73 bits per heavy atom. The third-order valence-electron chi connectivity index (χ3n) is 10.3. The zero-order chi connectivity index (χ0) is 30.6. The topological polar surface area (TPSA) is 133 Å². The number of benzene rings is 1.